The Hall–Kier alpha value is -2.99. The molecule has 29 heavy (non-hydrogen) atoms. The van der Waals surface area contributed by atoms with Crippen molar-refractivity contribution < 1.29 is 14.3 Å². The minimum Gasteiger partial charge on any atom is -0.493 e. The van der Waals surface area contributed by atoms with Crippen LogP contribution >= 0.6 is 11.8 Å². The van der Waals surface area contributed by atoms with Gasteiger partial charge in [0.05, 0.1) is 19.8 Å². The van der Waals surface area contributed by atoms with Gasteiger partial charge in [-0.3, -0.25) is 4.79 Å². The lowest BCUT2D eigenvalue weighted by Crippen LogP contribution is -2.30. The highest BCUT2D eigenvalue weighted by atomic mass is 32.2. The summed E-state index contributed by atoms with van der Waals surface area (Å²) in [5.41, 5.74) is 1.57. The molecule has 2 aromatic carbocycles. The molecule has 0 atom stereocenters. The van der Waals surface area contributed by atoms with Crippen LogP contribution in [0.1, 0.15) is 22.8 Å². The van der Waals surface area contributed by atoms with Crippen LogP contribution in [-0.4, -0.2) is 36.6 Å². The molecular weight excluding hydrogens is 384 g/mol. The van der Waals surface area contributed by atoms with Gasteiger partial charge in [0.2, 0.25) is 0 Å². The van der Waals surface area contributed by atoms with Crippen LogP contribution in [0, 0.1) is 0 Å². The maximum Gasteiger partial charge on any atom is 0.256 e. The third-order valence-corrected chi connectivity index (χ3v) is 5.48. The molecule has 3 aromatic rings. The van der Waals surface area contributed by atoms with Gasteiger partial charge in [-0.15, -0.1) is 0 Å². The van der Waals surface area contributed by atoms with Gasteiger partial charge in [0.15, 0.2) is 11.5 Å². The molecule has 0 aliphatic carbocycles. The lowest BCUT2D eigenvalue weighted by atomic mass is 10.1. The Kier molecular flexibility index (Phi) is 7.14. The Bertz CT molecular complexity index is 963. The van der Waals surface area contributed by atoms with Crippen LogP contribution in [0.2, 0.25) is 0 Å². The zero-order valence-electron chi connectivity index (χ0n) is 16.8. The van der Waals surface area contributed by atoms with Gasteiger partial charge >= 0.3 is 0 Å². The fourth-order valence-electron chi connectivity index (χ4n) is 2.93. The maximum absolute atomic E-state index is 13.3. The molecule has 1 heterocycles. The van der Waals surface area contributed by atoms with Crippen LogP contribution in [0.3, 0.4) is 0 Å². The Labute approximate surface area is 175 Å². The summed E-state index contributed by atoms with van der Waals surface area (Å²) < 4.78 is 10.7. The average molecular weight is 409 g/mol. The normalized spacial score (nSPS) is 10.4. The summed E-state index contributed by atoms with van der Waals surface area (Å²) in [5.74, 6) is 1.27. The van der Waals surface area contributed by atoms with Crippen molar-refractivity contribution in [1.29, 1.82) is 0 Å². The number of hydrogen-bond donors (Lipinski definition) is 0. The van der Waals surface area contributed by atoms with Gasteiger partial charge < -0.3 is 14.4 Å². The van der Waals surface area contributed by atoms with Crippen molar-refractivity contribution in [3.8, 4) is 11.5 Å². The van der Waals surface area contributed by atoms with Gasteiger partial charge in [0.1, 0.15) is 5.03 Å². The third kappa shape index (κ3) is 5.09. The number of rotatable bonds is 8. The Morgan fingerprint density at radius 2 is 1.76 bits per heavy atom. The maximum atomic E-state index is 13.3. The summed E-state index contributed by atoms with van der Waals surface area (Å²) in [5, 5.41) is 0.703. The van der Waals surface area contributed by atoms with E-state index in [2.05, 4.69) is 4.98 Å². The molecule has 3 rings (SSSR count). The standard InChI is InChI=1S/C23H24N2O3S/c1-4-25(16-17-12-13-20(27-2)21(15-17)28-3)23(26)19-11-8-14-24-22(19)29-18-9-6-5-7-10-18/h5-15H,4,16H2,1-3H3. The van der Waals surface area contributed by atoms with E-state index in [1.807, 2.05) is 61.5 Å². The molecule has 150 valence electrons. The molecule has 0 saturated carbocycles. The number of carbonyl (C=O) groups is 1. The topological polar surface area (TPSA) is 51.7 Å². The largest absolute Gasteiger partial charge is 0.493 e. The lowest BCUT2D eigenvalue weighted by Gasteiger charge is -2.22. The van der Waals surface area contributed by atoms with Gasteiger partial charge in [-0.25, -0.2) is 4.98 Å². The van der Waals surface area contributed by atoms with Gasteiger partial charge in [-0.05, 0) is 48.9 Å². The van der Waals surface area contributed by atoms with E-state index < -0.39 is 0 Å². The highest BCUT2D eigenvalue weighted by molar-refractivity contribution is 7.99. The Morgan fingerprint density at radius 3 is 2.45 bits per heavy atom. The number of carbonyl (C=O) groups excluding carboxylic acids is 1. The molecule has 0 spiro atoms. The number of aromatic nitrogens is 1. The Morgan fingerprint density at radius 1 is 1.00 bits per heavy atom. The van der Waals surface area contributed by atoms with Crippen LogP contribution in [0.5, 0.6) is 11.5 Å². The van der Waals surface area contributed by atoms with Crippen molar-refractivity contribution in [3.05, 3.63) is 78.0 Å². The zero-order valence-corrected chi connectivity index (χ0v) is 17.6. The van der Waals surface area contributed by atoms with Gasteiger partial charge in [-0.2, -0.15) is 0 Å². The summed E-state index contributed by atoms with van der Waals surface area (Å²) in [4.78, 5) is 20.6. The van der Waals surface area contributed by atoms with Crippen LogP contribution in [0.25, 0.3) is 0 Å². The van der Waals surface area contributed by atoms with Crippen LogP contribution in [-0.2, 0) is 6.54 Å². The first-order valence-corrected chi connectivity index (χ1v) is 10.2. The molecule has 0 unspecified atom stereocenters. The Balaban J connectivity index is 1.83. The molecule has 0 N–H and O–H groups in total. The molecule has 5 nitrogen and oxygen atoms in total. The molecule has 0 fully saturated rings. The number of amides is 1. The van der Waals surface area contributed by atoms with Crippen molar-refractivity contribution >= 4 is 17.7 Å². The average Bonchev–Trinajstić information content (AvgIpc) is 2.78. The van der Waals surface area contributed by atoms with Gasteiger partial charge in [0, 0.05) is 24.2 Å². The number of hydrogen-bond acceptors (Lipinski definition) is 5. The lowest BCUT2D eigenvalue weighted by molar-refractivity contribution is 0.0748. The number of methoxy groups -OCH3 is 2. The predicted molar refractivity (Wildman–Crippen MR) is 115 cm³/mol. The zero-order chi connectivity index (χ0) is 20.6. The molecule has 6 heteroatoms. The van der Waals surface area contributed by atoms with Crippen molar-refractivity contribution in [1.82, 2.24) is 9.88 Å². The van der Waals surface area contributed by atoms with E-state index in [9.17, 15) is 4.79 Å². The van der Waals surface area contributed by atoms with Gasteiger partial charge in [-0.1, -0.05) is 36.0 Å². The minimum absolute atomic E-state index is 0.0474. The molecule has 0 bridgehead atoms. The summed E-state index contributed by atoms with van der Waals surface area (Å²) >= 11 is 1.49. The molecule has 1 aromatic heterocycles. The van der Waals surface area contributed by atoms with E-state index in [0.29, 0.717) is 35.2 Å². The number of benzene rings is 2. The SMILES string of the molecule is CCN(Cc1ccc(OC)c(OC)c1)C(=O)c1cccnc1Sc1ccccc1. The summed E-state index contributed by atoms with van der Waals surface area (Å²) in [6.07, 6.45) is 1.71. The molecule has 0 saturated heterocycles. The molecule has 0 radical (unpaired) electrons. The van der Waals surface area contributed by atoms with Crippen molar-refractivity contribution in [2.45, 2.75) is 23.4 Å². The van der Waals surface area contributed by atoms with Crippen molar-refractivity contribution in [2.75, 3.05) is 20.8 Å². The third-order valence-electron chi connectivity index (χ3n) is 4.45. The summed E-state index contributed by atoms with van der Waals surface area (Å²) in [6, 6.07) is 19.3. The van der Waals surface area contributed by atoms with E-state index in [-0.39, 0.29) is 5.91 Å². The second-order valence-corrected chi connectivity index (χ2v) is 7.34. The van der Waals surface area contributed by atoms with E-state index in [4.69, 9.17) is 9.47 Å². The molecule has 0 aliphatic rings. The van der Waals surface area contributed by atoms with Crippen LogP contribution < -0.4 is 9.47 Å². The second kappa shape index (κ2) is 9.98. The monoisotopic (exact) mass is 408 g/mol. The van der Waals surface area contributed by atoms with Crippen LogP contribution in [0.15, 0.2) is 76.8 Å². The van der Waals surface area contributed by atoms with E-state index in [1.165, 1.54) is 11.8 Å². The first-order chi connectivity index (χ1) is 14.2. The summed E-state index contributed by atoms with van der Waals surface area (Å²) in [7, 11) is 3.21. The minimum atomic E-state index is -0.0474. The molecular formula is C23H24N2O3S. The number of nitrogens with zero attached hydrogens (tertiary/aromatic N) is 2. The smallest absolute Gasteiger partial charge is 0.256 e. The predicted octanol–water partition coefficient (Wildman–Crippen LogP) is 4.91. The number of pyridine rings is 1. The van der Waals surface area contributed by atoms with E-state index >= 15 is 0 Å². The summed E-state index contributed by atoms with van der Waals surface area (Å²) in [6.45, 7) is 3.02. The number of ether oxygens (including phenoxy) is 2. The highest BCUT2D eigenvalue weighted by Crippen LogP contribution is 2.30. The quantitative estimate of drug-likeness (QED) is 0.530. The first kappa shape index (κ1) is 20.7. The second-order valence-electron chi connectivity index (χ2n) is 6.28. The van der Waals surface area contributed by atoms with Gasteiger partial charge in [0.25, 0.3) is 5.91 Å². The first-order valence-electron chi connectivity index (χ1n) is 9.34. The van der Waals surface area contributed by atoms with E-state index in [1.54, 1.807) is 31.4 Å². The fraction of sp³-hybridized carbons (Fsp3) is 0.217. The molecule has 1 amide bonds. The van der Waals surface area contributed by atoms with Crippen molar-refractivity contribution in [3.63, 3.8) is 0 Å². The highest BCUT2D eigenvalue weighted by Gasteiger charge is 2.20. The van der Waals surface area contributed by atoms with E-state index in [0.717, 1.165) is 10.5 Å². The van der Waals surface area contributed by atoms with Crippen LogP contribution in [0.4, 0.5) is 0 Å². The molecule has 0 aliphatic heterocycles. The van der Waals surface area contributed by atoms with Crippen molar-refractivity contribution in [2.24, 2.45) is 0 Å². The fourth-order valence-corrected chi connectivity index (χ4v) is 3.83.